The summed E-state index contributed by atoms with van der Waals surface area (Å²) in [6.07, 6.45) is 8.22. The highest BCUT2D eigenvalue weighted by Crippen LogP contribution is 2.20. The van der Waals surface area contributed by atoms with Crippen LogP contribution < -0.4 is 0 Å². The Morgan fingerprint density at radius 3 is 2.83 bits per heavy atom. The third-order valence-corrected chi connectivity index (χ3v) is 5.35. The van der Waals surface area contributed by atoms with Crippen LogP contribution in [0.1, 0.15) is 38.4 Å². The van der Waals surface area contributed by atoms with E-state index in [1.165, 1.54) is 0 Å². The van der Waals surface area contributed by atoms with E-state index in [4.69, 9.17) is 0 Å². The second-order valence-electron chi connectivity index (χ2n) is 7.10. The van der Waals surface area contributed by atoms with Gasteiger partial charge < -0.3 is 9.47 Å². The molecular formula is C18H31N5O. The average molecular weight is 333 g/mol. The van der Waals surface area contributed by atoms with Crippen molar-refractivity contribution in [3.05, 3.63) is 18.2 Å². The van der Waals surface area contributed by atoms with Crippen molar-refractivity contribution in [1.82, 2.24) is 24.3 Å². The Balaban J connectivity index is 1.55. The number of nitrogens with zero attached hydrogens (tertiary/aromatic N) is 5. The summed E-state index contributed by atoms with van der Waals surface area (Å²) in [5.74, 6) is 1.46. The molecule has 0 radical (unpaired) electrons. The zero-order chi connectivity index (χ0) is 16.9. The van der Waals surface area contributed by atoms with Crippen molar-refractivity contribution in [1.29, 1.82) is 0 Å². The molecule has 2 fully saturated rings. The monoisotopic (exact) mass is 333 g/mol. The van der Waals surface area contributed by atoms with Gasteiger partial charge in [0.1, 0.15) is 5.82 Å². The molecule has 0 N–H and O–H groups in total. The zero-order valence-corrected chi connectivity index (χ0v) is 15.2. The first-order chi connectivity index (χ1) is 11.7. The van der Waals surface area contributed by atoms with E-state index < -0.39 is 0 Å². The van der Waals surface area contributed by atoms with Gasteiger partial charge >= 0.3 is 0 Å². The van der Waals surface area contributed by atoms with Gasteiger partial charge in [-0.1, -0.05) is 6.92 Å². The molecule has 0 unspecified atom stereocenters. The molecule has 6 nitrogen and oxygen atoms in total. The molecule has 1 aromatic heterocycles. The molecule has 1 amide bonds. The Kier molecular flexibility index (Phi) is 5.89. The Labute approximate surface area is 145 Å². The second kappa shape index (κ2) is 8.12. The van der Waals surface area contributed by atoms with E-state index >= 15 is 0 Å². The Morgan fingerprint density at radius 1 is 1.21 bits per heavy atom. The van der Waals surface area contributed by atoms with Crippen molar-refractivity contribution in [3.63, 3.8) is 0 Å². The molecule has 1 aromatic rings. The van der Waals surface area contributed by atoms with Crippen LogP contribution in [0, 0.1) is 0 Å². The molecule has 0 saturated carbocycles. The maximum absolute atomic E-state index is 13.0. The lowest BCUT2D eigenvalue weighted by Gasteiger charge is -2.29. The highest BCUT2D eigenvalue weighted by molar-refractivity contribution is 5.82. The molecule has 2 saturated heterocycles. The molecule has 0 aromatic carbocycles. The molecule has 24 heavy (non-hydrogen) atoms. The Hall–Kier alpha value is -1.40. The van der Waals surface area contributed by atoms with E-state index in [2.05, 4.69) is 31.2 Å². The van der Waals surface area contributed by atoms with Gasteiger partial charge in [0, 0.05) is 45.6 Å². The van der Waals surface area contributed by atoms with Crippen molar-refractivity contribution in [2.75, 3.05) is 39.3 Å². The molecule has 2 aliphatic heterocycles. The maximum Gasteiger partial charge on any atom is 0.239 e. The molecule has 3 rings (SSSR count). The van der Waals surface area contributed by atoms with Crippen LogP contribution in [0.3, 0.4) is 0 Å². The fourth-order valence-corrected chi connectivity index (χ4v) is 3.97. The molecule has 0 bridgehead atoms. The van der Waals surface area contributed by atoms with E-state index in [0.29, 0.717) is 5.91 Å². The minimum atomic E-state index is 0.131. The highest BCUT2D eigenvalue weighted by Gasteiger charge is 2.33. The second-order valence-corrected chi connectivity index (χ2v) is 7.10. The van der Waals surface area contributed by atoms with Crippen molar-refractivity contribution < 1.29 is 4.79 Å². The molecule has 6 heteroatoms. The number of aryl methyl sites for hydroxylation is 1. The van der Waals surface area contributed by atoms with Crippen LogP contribution in [0.25, 0.3) is 0 Å². The normalized spacial score (nSPS) is 23.6. The van der Waals surface area contributed by atoms with E-state index in [-0.39, 0.29) is 6.04 Å². The van der Waals surface area contributed by atoms with E-state index in [0.717, 1.165) is 77.3 Å². The first-order valence-corrected chi connectivity index (χ1v) is 9.40. The molecule has 2 aliphatic rings. The summed E-state index contributed by atoms with van der Waals surface area (Å²) in [6, 6.07) is 0.131. The molecule has 3 heterocycles. The predicted molar refractivity (Wildman–Crippen MR) is 94.6 cm³/mol. The van der Waals surface area contributed by atoms with Gasteiger partial charge in [0.25, 0.3) is 0 Å². The fraction of sp³-hybridized carbons (Fsp3) is 0.778. The summed E-state index contributed by atoms with van der Waals surface area (Å²) < 4.78 is 2.08. The summed E-state index contributed by atoms with van der Waals surface area (Å²) in [4.78, 5) is 24.3. The van der Waals surface area contributed by atoms with E-state index in [1.807, 2.05) is 19.4 Å². The zero-order valence-electron chi connectivity index (χ0n) is 15.2. The van der Waals surface area contributed by atoms with Gasteiger partial charge in [-0.05, 0) is 38.8 Å². The first-order valence-electron chi connectivity index (χ1n) is 9.40. The standard InChI is InChI=1S/C18H31N5O/c1-3-8-22-10-4-6-16(22)18(24)23-11-5-9-21(13-14-23)15-17-19-7-12-20(17)2/h7,12,16H,3-6,8-11,13-15H2,1-2H3/t16-/m1/s1. The third kappa shape index (κ3) is 3.98. The van der Waals surface area contributed by atoms with Gasteiger partial charge in [0.15, 0.2) is 0 Å². The minimum Gasteiger partial charge on any atom is -0.340 e. The number of hydrogen-bond donors (Lipinski definition) is 0. The molecule has 0 aliphatic carbocycles. The summed E-state index contributed by atoms with van der Waals surface area (Å²) >= 11 is 0. The van der Waals surface area contributed by atoms with Crippen LogP contribution in [-0.4, -0.2) is 75.5 Å². The highest BCUT2D eigenvalue weighted by atomic mass is 16.2. The average Bonchev–Trinajstić information content (AvgIpc) is 3.12. The molecular weight excluding hydrogens is 302 g/mol. The maximum atomic E-state index is 13.0. The number of hydrogen-bond acceptors (Lipinski definition) is 4. The fourth-order valence-electron chi connectivity index (χ4n) is 3.97. The van der Waals surface area contributed by atoms with Crippen molar-refractivity contribution in [2.45, 2.75) is 45.2 Å². The smallest absolute Gasteiger partial charge is 0.239 e. The van der Waals surface area contributed by atoms with Crippen LogP contribution in [0.2, 0.25) is 0 Å². The topological polar surface area (TPSA) is 44.6 Å². The minimum absolute atomic E-state index is 0.131. The summed E-state index contributed by atoms with van der Waals surface area (Å²) in [5, 5.41) is 0. The number of imidazole rings is 1. The van der Waals surface area contributed by atoms with Gasteiger partial charge in [-0.3, -0.25) is 14.6 Å². The van der Waals surface area contributed by atoms with Gasteiger partial charge in [0.2, 0.25) is 5.91 Å². The lowest BCUT2D eigenvalue weighted by Crippen LogP contribution is -2.47. The molecule has 1 atom stereocenters. The Bertz CT molecular complexity index is 543. The first kappa shape index (κ1) is 17.4. The summed E-state index contributed by atoms with van der Waals surface area (Å²) in [5.41, 5.74) is 0. The third-order valence-electron chi connectivity index (χ3n) is 5.35. The van der Waals surface area contributed by atoms with Crippen molar-refractivity contribution in [3.8, 4) is 0 Å². The van der Waals surface area contributed by atoms with Gasteiger partial charge in [-0.15, -0.1) is 0 Å². The molecule has 134 valence electrons. The van der Waals surface area contributed by atoms with Gasteiger partial charge in [0.05, 0.1) is 12.6 Å². The van der Waals surface area contributed by atoms with Crippen molar-refractivity contribution in [2.24, 2.45) is 7.05 Å². The summed E-state index contributed by atoms with van der Waals surface area (Å²) in [7, 11) is 2.04. The Morgan fingerprint density at radius 2 is 2.08 bits per heavy atom. The quantitative estimate of drug-likeness (QED) is 0.815. The van der Waals surface area contributed by atoms with Crippen LogP contribution in [0.5, 0.6) is 0 Å². The molecule has 0 spiro atoms. The van der Waals surface area contributed by atoms with Crippen LogP contribution >= 0.6 is 0 Å². The number of amides is 1. The predicted octanol–water partition coefficient (Wildman–Crippen LogP) is 1.33. The van der Waals surface area contributed by atoms with E-state index in [1.54, 1.807) is 0 Å². The largest absolute Gasteiger partial charge is 0.340 e. The van der Waals surface area contributed by atoms with E-state index in [9.17, 15) is 4.79 Å². The lowest BCUT2D eigenvalue weighted by atomic mass is 10.2. The number of carbonyl (C=O) groups excluding carboxylic acids is 1. The van der Waals surface area contributed by atoms with Gasteiger partial charge in [-0.25, -0.2) is 4.98 Å². The SMILES string of the molecule is CCCN1CCC[C@@H]1C(=O)N1CCCN(Cc2nccn2C)CC1. The lowest BCUT2D eigenvalue weighted by molar-refractivity contribution is -0.135. The van der Waals surface area contributed by atoms with Crippen LogP contribution in [-0.2, 0) is 18.4 Å². The van der Waals surface area contributed by atoms with Crippen LogP contribution in [0.15, 0.2) is 12.4 Å². The number of rotatable bonds is 5. The number of aromatic nitrogens is 2. The van der Waals surface area contributed by atoms with Crippen molar-refractivity contribution >= 4 is 5.91 Å². The summed E-state index contributed by atoms with van der Waals surface area (Å²) in [6.45, 7) is 8.93. The van der Waals surface area contributed by atoms with Crippen LogP contribution in [0.4, 0.5) is 0 Å². The van der Waals surface area contributed by atoms with Gasteiger partial charge in [-0.2, -0.15) is 0 Å². The number of likely N-dealkylation sites (tertiary alicyclic amines) is 1. The number of carbonyl (C=O) groups is 1.